The Morgan fingerprint density at radius 2 is 1.81 bits per heavy atom. The molecule has 0 aromatic rings. The second-order valence-electron chi connectivity index (χ2n) is 6.90. The van der Waals surface area contributed by atoms with E-state index in [9.17, 15) is 9.59 Å². The van der Waals surface area contributed by atoms with E-state index in [4.69, 9.17) is 5.11 Å². The number of carboxylic acid groups (broad SMARTS) is 1. The zero-order valence-electron chi connectivity index (χ0n) is 13.3. The highest BCUT2D eigenvalue weighted by molar-refractivity contribution is 5.75. The molecule has 0 bridgehead atoms. The first-order chi connectivity index (χ1) is 9.97. The van der Waals surface area contributed by atoms with E-state index in [1.54, 1.807) is 0 Å². The van der Waals surface area contributed by atoms with Gasteiger partial charge in [0.1, 0.15) is 0 Å². The molecule has 2 heterocycles. The second-order valence-corrected chi connectivity index (χ2v) is 6.90. The first-order valence-corrected chi connectivity index (χ1v) is 8.23. The molecule has 1 N–H and O–H groups in total. The van der Waals surface area contributed by atoms with E-state index in [2.05, 4.69) is 13.8 Å². The number of hydrogen-bond acceptors (Lipinski definition) is 2. The van der Waals surface area contributed by atoms with Gasteiger partial charge in [-0.2, -0.15) is 0 Å². The van der Waals surface area contributed by atoms with Crippen molar-refractivity contribution in [3.05, 3.63) is 0 Å². The van der Waals surface area contributed by atoms with Gasteiger partial charge in [-0.05, 0) is 43.4 Å². The largest absolute Gasteiger partial charge is 0.481 e. The number of urea groups is 1. The molecule has 5 heteroatoms. The minimum Gasteiger partial charge on any atom is -0.481 e. The minimum absolute atomic E-state index is 0.118. The number of carbonyl (C=O) groups is 2. The van der Waals surface area contributed by atoms with Gasteiger partial charge in [-0.15, -0.1) is 0 Å². The molecular formula is C16H28N2O3. The van der Waals surface area contributed by atoms with Gasteiger partial charge < -0.3 is 14.9 Å². The van der Waals surface area contributed by atoms with Crippen LogP contribution >= 0.6 is 0 Å². The maximum Gasteiger partial charge on any atom is 0.320 e. The van der Waals surface area contributed by atoms with E-state index >= 15 is 0 Å². The molecule has 120 valence electrons. The SMILES string of the molecule is CC(C)C1CCCN(C(=O)N2CCC(CC(=O)O)C2)CC1. The minimum atomic E-state index is -0.760. The third-order valence-corrected chi connectivity index (χ3v) is 5.01. The zero-order valence-corrected chi connectivity index (χ0v) is 13.3. The fourth-order valence-electron chi connectivity index (χ4n) is 3.60. The Hall–Kier alpha value is -1.26. The van der Waals surface area contributed by atoms with Crippen molar-refractivity contribution in [3.8, 4) is 0 Å². The maximum atomic E-state index is 12.6. The predicted octanol–water partition coefficient (Wildman–Crippen LogP) is 2.66. The number of hydrogen-bond donors (Lipinski definition) is 1. The summed E-state index contributed by atoms with van der Waals surface area (Å²) in [4.78, 5) is 27.2. The van der Waals surface area contributed by atoms with E-state index in [0.29, 0.717) is 19.0 Å². The number of likely N-dealkylation sites (tertiary alicyclic amines) is 2. The monoisotopic (exact) mass is 296 g/mol. The van der Waals surface area contributed by atoms with Gasteiger partial charge in [0.05, 0.1) is 0 Å². The summed E-state index contributed by atoms with van der Waals surface area (Å²) >= 11 is 0. The number of carbonyl (C=O) groups excluding carboxylic acids is 1. The smallest absolute Gasteiger partial charge is 0.320 e. The van der Waals surface area contributed by atoms with Gasteiger partial charge in [0.2, 0.25) is 0 Å². The summed E-state index contributed by atoms with van der Waals surface area (Å²) in [6, 6.07) is 0.118. The molecule has 2 rings (SSSR count). The average molecular weight is 296 g/mol. The van der Waals surface area contributed by atoms with E-state index in [0.717, 1.165) is 38.3 Å². The number of rotatable bonds is 3. The number of aliphatic carboxylic acids is 1. The molecule has 2 unspecified atom stereocenters. The molecule has 0 spiro atoms. The summed E-state index contributed by atoms with van der Waals surface area (Å²) in [6.07, 6.45) is 4.39. The molecule has 2 amide bonds. The number of nitrogens with zero attached hydrogens (tertiary/aromatic N) is 2. The van der Waals surface area contributed by atoms with Gasteiger partial charge in [-0.25, -0.2) is 4.79 Å². The van der Waals surface area contributed by atoms with Crippen LogP contribution in [0.15, 0.2) is 0 Å². The van der Waals surface area contributed by atoms with Crippen molar-refractivity contribution in [2.24, 2.45) is 17.8 Å². The second kappa shape index (κ2) is 7.14. The Bertz CT molecular complexity index is 384. The molecule has 0 saturated carbocycles. The summed E-state index contributed by atoms with van der Waals surface area (Å²) in [6.45, 7) is 7.54. The van der Waals surface area contributed by atoms with Crippen LogP contribution in [0.25, 0.3) is 0 Å². The van der Waals surface area contributed by atoms with Crippen molar-refractivity contribution in [1.29, 1.82) is 0 Å². The van der Waals surface area contributed by atoms with Crippen LogP contribution in [0.3, 0.4) is 0 Å². The van der Waals surface area contributed by atoms with E-state index < -0.39 is 5.97 Å². The topological polar surface area (TPSA) is 60.9 Å². The van der Waals surface area contributed by atoms with E-state index in [-0.39, 0.29) is 18.4 Å². The molecule has 2 fully saturated rings. The lowest BCUT2D eigenvalue weighted by atomic mass is 9.89. The Kier molecular flexibility index (Phi) is 5.48. The van der Waals surface area contributed by atoms with Crippen LogP contribution in [-0.2, 0) is 4.79 Å². The highest BCUT2D eigenvalue weighted by Crippen LogP contribution is 2.26. The number of carboxylic acids is 1. The van der Waals surface area contributed by atoms with Crippen molar-refractivity contribution >= 4 is 12.0 Å². The lowest BCUT2D eigenvalue weighted by Crippen LogP contribution is -2.42. The van der Waals surface area contributed by atoms with Crippen molar-refractivity contribution in [2.75, 3.05) is 26.2 Å². The molecule has 2 atom stereocenters. The molecule has 0 radical (unpaired) electrons. The predicted molar refractivity (Wildman–Crippen MR) is 81.1 cm³/mol. The fraction of sp³-hybridized carbons (Fsp3) is 0.875. The van der Waals surface area contributed by atoms with Gasteiger partial charge in [-0.3, -0.25) is 4.79 Å². The van der Waals surface area contributed by atoms with Crippen LogP contribution in [0.5, 0.6) is 0 Å². The van der Waals surface area contributed by atoms with Crippen LogP contribution in [-0.4, -0.2) is 53.1 Å². The summed E-state index contributed by atoms with van der Waals surface area (Å²) in [5.74, 6) is 0.776. The quantitative estimate of drug-likeness (QED) is 0.871. The molecule has 2 saturated heterocycles. The molecule has 0 aromatic heterocycles. The third-order valence-electron chi connectivity index (χ3n) is 5.01. The molecular weight excluding hydrogens is 268 g/mol. The highest BCUT2D eigenvalue weighted by atomic mass is 16.4. The zero-order chi connectivity index (χ0) is 15.4. The fourth-order valence-corrected chi connectivity index (χ4v) is 3.60. The maximum absolute atomic E-state index is 12.6. The summed E-state index contributed by atoms with van der Waals surface area (Å²) in [5.41, 5.74) is 0. The van der Waals surface area contributed by atoms with Crippen LogP contribution < -0.4 is 0 Å². The van der Waals surface area contributed by atoms with Gasteiger partial charge in [0.15, 0.2) is 0 Å². The molecule has 5 nitrogen and oxygen atoms in total. The first-order valence-electron chi connectivity index (χ1n) is 8.23. The van der Waals surface area contributed by atoms with Gasteiger partial charge in [0, 0.05) is 32.6 Å². The van der Waals surface area contributed by atoms with Gasteiger partial charge in [0.25, 0.3) is 0 Å². The Morgan fingerprint density at radius 3 is 2.48 bits per heavy atom. The highest BCUT2D eigenvalue weighted by Gasteiger charge is 2.31. The first kappa shape index (κ1) is 16.1. The molecule has 21 heavy (non-hydrogen) atoms. The van der Waals surface area contributed by atoms with Gasteiger partial charge in [-0.1, -0.05) is 13.8 Å². The van der Waals surface area contributed by atoms with Gasteiger partial charge >= 0.3 is 12.0 Å². The molecule has 0 aliphatic carbocycles. The molecule has 2 aliphatic heterocycles. The van der Waals surface area contributed by atoms with Crippen molar-refractivity contribution in [1.82, 2.24) is 9.80 Å². The van der Waals surface area contributed by atoms with E-state index in [1.165, 1.54) is 6.42 Å². The standard InChI is InChI=1S/C16H28N2O3/c1-12(2)14-4-3-7-17(9-6-14)16(21)18-8-5-13(11-18)10-15(19)20/h12-14H,3-11H2,1-2H3,(H,19,20). The lowest BCUT2D eigenvalue weighted by Gasteiger charge is -2.27. The summed E-state index contributed by atoms with van der Waals surface area (Å²) in [7, 11) is 0. The van der Waals surface area contributed by atoms with Crippen molar-refractivity contribution in [3.63, 3.8) is 0 Å². The summed E-state index contributed by atoms with van der Waals surface area (Å²) < 4.78 is 0. The Labute approximate surface area is 127 Å². The number of amides is 2. The Balaban J connectivity index is 1.85. The van der Waals surface area contributed by atoms with E-state index in [1.807, 2.05) is 9.80 Å². The van der Waals surface area contributed by atoms with Crippen molar-refractivity contribution < 1.29 is 14.7 Å². The van der Waals surface area contributed by atoms with Crippen LogP contribution in [0.4, 0.5) is 4.79 Å². The lowest BCUT2D eigenvalue weighted by molar-refractivity contribution is -0.138. The summed E-state index contributed by atoms with van der Waals surface area (Å²) in [5, 5.41) is 8.85. The van der Waals surface area contributed by atoms with Crippen LogP contribution in [0.1, 0.15) is 46.0 Å². The average Bonchev–Trinajstić information content (AvgIpc) is 2.73. The normalized spacial score (nSPS) is 27.0. The van der Waals surface area contributed by atoms with Crippen molar-refractivity contribution in [2.45, 2.75) is 46.0 Å². The molecule has 2 aliphatic rings. The molecule has 0 aromatic carbocycles. The van der Waals surface area contributed by atoms with Crippen LogP contribution in [0, 0.1) is 17.8 Å². The van der Waals surface area contributed by atoms with Crippen LogP contribution in [0.2, 0.25) is 0 Å². The Morgan fingerprint density at radius 1 is 1.10 bits per heavy atom. The third kappa shape index (κ3) is 4.35.